The third kappa shape index (κ3) is 3.92. The number of nitrogens with zero attached hydrogens (tertiary/aromatic N) is 3. The van der Waals surface area contributed by atoms with Crippen LogP contribution < -0.4 is 5.32 Å². The van der Waals surface area contributed by atoms with Crippen molar-refractivity contribution in [2.45, 2.75) is 40.5 Å². The zero-order chi connectivity index (χ0) is 20.4. The number of allylic oxidation sites excluding steroid dienone is 3. The first-order chi connectivity index (χ1) is 13.3. The average molecular weight is 399 g/mol. The first-order valence-electron chi connectivity index (χ1n) is 9.19. The molecule has 6 nitrogen and oxygen atoms in total. The number of carbonyl (C=O) groups excluding carboxylic acids is 2. The second kappa shape index (κ2) is 8.10. The maximum Gasteiger partial charge on any atom is 0.251 e. The minimum atomic E-state index is -0.272. The first kappa shape index (κ1) is 20.0. The van der Waals surface area contributed by atoms with Gasteiger partial charge in [0.05, 0.1) is 5.69 Å². The summed E-state index contributed by atoms with van der Waals surface area (Å²) in [6, 6.07) is 3.43. The molecule has 0 atom stereocenters. The SMILES string of the molecule is CCc1nncn1-c1cc(Cl)cc(C(=O)NCC2=C(C)C=C(C)CC2=O)c1C. The Labute approximate surface area is 169 Å². The summed E-state index contributed by atoms with van der Waals surface area (Å²) < 4.78 is 1.84. The van der Waals surface area contributed by atoms with Crippen LogP contribution in [-0.4, -0.2) is 33.0 Å². The van der Waals surface area contributed by atoms with Crippen molar-refractivity contribution >= 4 is 23.3 Å². The van der Waals surface area contributed by atoms with E-state index in [9.17, 15) is 9.59 Å². The van der Waals surface area contributed by atoms with E-state index in [2.05, 4.69) is 15.5 Å². The predicted octanol–water partition coefficient (Wildman–Crippen LogP) is 3.76. The van der Waals surface area contributed by atoms with Crippen molar-refractivity contribution in [3.63, 3.8) is 0 Å². The number of rotatable bonds is 5. The molecular weight excluding hydrogens is 376 g/mol. The minimum absolute atomic E-state index is 0.0541. The number of ketones is 1. The van der Waals surface area contributed by atoms with Gasteiger partial charge in [0, 0.05) is 35.5 Å². The van der Waals surface area contributed by atoms with E-state index < -0.39 is 0 Å². The molecule has 7 heteroatoms. The van der Waals surface area contributed by atoms with Gasteiger partial charge in [0.1, 0.15) is 12.2 Å². The van der Waals surface area contributed by atoms with E-state index in [1.54, 1.807) is 18.5 Å². The number of carbonyl (C=O) groups is 2. The Morgan fingerprint density at radius 1 is 1.29 bits per heavy atom. The van der Waals surface area contributed by atoms with Crippen molar-refractivity contribution in [2.24, 2.45) is 0 Å². The Hall–Kier alpha value is -2.73. The average Bonchev–Trinajstić information content (AvgIpc) is 3.10. The fourth-order valence-corrected chi connectivity index (χ4v) is 3.65. The maximum absolute atomic E-state index is 12.9. The number of halogens is 1. The molecule has 1 N–H and O–H groups in total. The van der Waals surface area contributed by atoms with Gasteiger partial charge in [-0.05, 0) is 44.0 Å². The number of hydrogen-bond acceptors (Lipinski definition) is 4. The maximum atomic E-state index is 12.9. The van der Waals surface area contributed by atoms with E-state index in [1.807, 2.05) is 38.3 Å². The molecule has 1 amide bonds. The van der Waals surface area contributed by atoms with Crippen LogP contribution in [0.4, 0.5) is 0 Å². The van der Waals surface area contributed by atoms with Crippen molar-refractivity contribution in [2.75, 3.05) is 6.54 Å². The summed E-state index contributed by atoms with van der Waals surface area (Å²) in [4.78, 5) is 25.1. The molecule has 0 spiro atoms. The Balaban J connectivity index is 1.89. The molecule has 0 radical (unpaired) electrons. The number of hydrogen-bond donors (Lipinski definition) is 1. The summed E-state index contributed by atoms with van der Waals surface area (Å²) in [5.74, 6) is 0.567. The molecule has 146 valence electrons. The normalized spacial score (nSPS) is 14.3. The molecule has 0 saturated heterocycles. The molecule has 0 bridgehead atoms. The third-order valence-electron chi connectivity index (χ3n) is 4.92. The van der Waals surface area contributed by atoms with Crippen LogP contribution in [0.3, 0.4) is 0 Å². The lowest BCUT2D eigenvalue weighted by Crippen LogP contribution is -2.30. The topological polar surface area (TPSA) is 76.9 Å². The van der Waals surface area contributed by atoms with Crippen molar-refractivity contribution in [1.29, 1.82) is 0 Å². The largest absolute Gasteiger partial charge is 0.348 e. The molecule has 3 rings (SSSR count). The van der Waals surface area contributed by atoms with Gasteiger partial charge in [-0.1, -0.05) is 30.2 Å². The number of nitrogens with one attached hydrogen (secondary N) is 1. The molecule has 0 aliphatic heterocycles. The minimum Gasteiger partial charge on any atom is -0.348 e. The number of Topliss-reactive ketones (excluding diaryl/α,β-unsaturated/α-hetero) is 1. The molecule has 1 aromatic heterocycles. The highest BCUT2D eigenvalue weighted by Crippen LogP contribution is 2.25. The van der Waals surface area contributed by atoms with E-state index in [0.717, 1.165) is 28.2 Å². The summed E-state index contributed by atoms with van der Waals surface area (Å²) in [7, 11) is 0. The number of aromatic nitrogens is 3. The number of amides is 1. The van der Waals surface area contributed by atoms with Gasteiger partial charge in [0.25, 0.3) is 5.91 Å². The molecule has 1 aliphatic carbocycles. The molecular formula is C21H23ClN4O2. The van der Waals surface area contributed by atoms with Crippen LogP contribution in [0.2, 0.25) is 5.02 Å². The zero-order valence-electron chi connectivity index (χ0n) is 16.5. The lowest BCUT2D eigenvalue weighted by molar-refractivity contribution is -0.115. The Morgan fingerprint density at radius 2 is 2.04 bits per heavy atom. The summed E-state index contributed by atoms with van der Waals surface area (Å²) in [6.07, 6.45) is 4.71. The Kier molecular flexibility index (Phi) is 5.79. The van der Waals surface area contributed by atoms with Crippen molar-refractivity contribution < 1.29 is 9.59 Å². The van der Waals surface area contributed by atoms with E-state index >= 15 is 0 Å². The van der Waals surface area contributed by atoms with Gasteiger partial charge in [-0.2, -0.15) is 0 Å². The molecule has 2 aromatic rings. The molecule has 28 heavy (non-hydrogen) atoms. The summed E-state index contributed by atoms with van der Waals surface area (Å²) in [5, 5.41) is 11.4. The fraction of sp³-hybridized carbons (Fsp3) is 0.333. The van der Waals surface area contributed by atoms with Crippen LogP contribution in [0, 0.1) is 6.92 Å². The van der Waals surface area contributed by atoms with E-state index in [1.165, 1.54) is 0 Å². The van der Waals surface area contributed by atoms with Crippen LogP contribution in [-0.2, 0) is 11.2 Å². The van der Waals surface area contributed by atoms with Gasteiger partial charge in [0.2, 0.25) is 0 Å². The van der Waals surface area contributed by atoms with Gasteiger partial charge in [-0.15, -0.1) is 10.2 Å². The molecule has 1 heterocycles. The highest BCUT2D eigenvalue weighted by atomic mass is 35.5. The van der Waals surface area contributed by atoms with Crippen LogP contribution in [0.15, 0.2) is 41.3 Å². The van der Waals surface area contributed by atoms with Crippen LogP contribution in [0.25, 0.3) is 5.69 Å². The lowest BCUT2D eigenvalue weighted by atomic mass is 9.92. The highest BCUT2D eigenvalue weighted by molar-refractivity contribution is 6.31. The van der Waals surface area contributed by atoms with Gasteiger partial charge >= 0.3 is 0 Å². The Bertz CT molecular complexity index is 1020. The summed E-state index contributed by atoms with van der Waals surface area (Å²) in [5.41, 5.74) is 4.58. The lowest BCUT2D eigenvalue weighted by Gasteiger charge is -2.17. The van der Waals surface area contributed by atoms with Crippen molar-refractivity contribution in [3.05, 3.63) is 63.2 Å². The number of benzene rings is 1. The Morgan fingerprint density at radius 3 is 2.71 bits per heavy atom. The molecule has 0 unspecified atom stereocenters. The van der Waals surface area contributed by atoms with Crippen molar-refractivity contribution in [3.8, 4) is 5.69 Å². The molecule has 1 aliphatic rings. The highest BCUT2D eigenvalue weighted by Gasteiger charge is 2.20. The smallest absolute Gasteiger partial charge is 0.251 e. The standard InChI is InChI=1S/C21H23ClN4O2/c1-5-20-25-24-11-26(20)18-9-15(22)8-16(14(18)4)21(28)23-10-17-13(3)6-12(2)7-19(17)27/h6,8-9,11H,5,7,10H2,1-4H3,(H,23,28). The van der Waals surface area contributed by atoms with Crippen LogP contribution in [0.1, 0.15) is 48.9 Å². The third-order valence-corrected chi connectivity index (χ3v) is 5.14. The summed E-state index contributed by atoms with van der Waals surface area (Å²) >= 11 is 6.28. The second-order valence-electron chi connectivity index (χ2n) is 7.00. The van der Waals surface area contributed by atoms with E-state index in [0.29, 0.717) is 29.0 Å². The fourth-order valence-electron chi connectivity index (χ4n) is 3.44. The van der Waals surface area contributed by atoms with Crippen molar-refractivity contribution in [1.82, 2.24) is 20.1 Å². The van der Waals surface area contributed by atoms with Gasteiger partial charge in [-0.3, -0.25) is 14.2 Å². The molecule has 1 aromatic carbocycles. The zero-order valence-corrected chi connectivity index (χ0v) is 17.2. The van der Waals surface area contributed by atoms with E-state index in [-0.39, 0.29) is 18.2 Å². The van der Waals surface area contributed by atoms with Crippen LogP contribution >= 0.6 is 11.6 Å². The second-order valence-corrected chi connectivity index (χ2v) is 7.44. The summed E-state index contributed by atoms with van der Waals surface area (Å²) in [6.45, 7) is 7.87. The number of aryl methyl sites for hydroxylation is 1. The predicted molar refractivity (Wildman–Crippen MR) is 109 cm³/mol. The van der Waals surface area contributed by atoms with E-state index in [4.69, 9.17) is 11.6 Å². The van der Waals surface area contributed by atoms with Gasteiger partial charge in [0.15, 0.2) is 5.78 Å². The van der Waals surface area contributed by atoms with Gasteiger partial charge in [-0.25, -0.2) is 0 Å². The quantitative estimate of drug-likeness (QED) is 0.831. The molecule has 0 fully saturated rings. The first-order valence-corrected chi connectivity index (χ1v) is 9.57. The monoisotopic (exact) mass is 398 g/mol. The van der Waals surface area contributed by atoms with Crippen LogP contribution in [0.5, 0.6) is 0 Å². The molecule has 0 saturated carbocycles. The van der Waals surface area contributed by atoms with Gasteiger partial charge < -0.3 is 5.32 Å².